The number of methoxy groups -OCH3 is 1. The van der Waals surface area contributed by atoms with Crippen molar-refractivity contribution in [2.24, 2.45) is 16.0 Å². The lowest BCUT2D eigenvalue weighted by Gasteiger charge is -2.23. The zero-order valence-electron chi connectivity index (χ0n) is 23.0. The summed E-state index contributed by atoms with van der Waals surface area (Å²) in [5, 5.41) is 26.6. The van der Waals surface area contributed by atoms with E-state index >= 15 is 0 Å². The van der Waals surface area contributed by atoms with Crippen molar-refractivity contribution in [2.45, 2.75) is 29.5 Å². The molecule has 1 unspecified atom stereocenters. The molecule has 1 atom stereocenters. The number of aliphatic carboxylic acids is 1. The molecule has 0 radical (unpaired) electrons. The number of carbonyl (C=O) groups is 3. The van der Waals surface area contributed by atoms with Crippen molar-refractivity contribution in [1.29, 1.82) is 5.41 Å². The number of amidine groups is 1. The monoisotopic (exact) mass is 651 g/mol. The number of hydrogen-bond donors (Lipinski definition) is 5. The van der Waals surface area contributed by atoms with Gasteiger partial charge in [0.25, 0.3) is 5.91 Å². The number of primary sulfonamides is 1. The third-order valence-electron chi connectivity index (χ3n) is 5.99. The molecule has 7 N–H and O–H groups in total. The maximum atomic E-state index is 13.3. The number of carboxylic acids is 1. The predicted octanol–water partition coefficient (Wildman–Crippen LogP) is 1.77. The van der Waals surface area contributed by atoms with Crippen LogP contribution in [0.3, 0.4) is 0 Å². The van der Waals surface area contributed by atoms with Crippen LogP contribution in [0.2, 0.25) is 0 Å². The standard InChI is InChI=1S/C24H23N7O6S.C2HF3O2/c1-36-20(32)11-24(10-18(31-37-24)14-5-4-6-15(9-14)21(25)26)22(33)30-23-28-12-16(13-29-23)17-7-2-3-8-19(17)38(27,34)35;3-2(4,5)1(6)7/h2-9,12-13H,10-11H2,1H3,(H3,25,26)(H2,27,34,35)(H,28,29,30,33);(H,6,7). The number of anilines is 1. The minimum atomic E-state index is -5.08. The molecule has 2 aromatic carbocycles. The number of halogens is 3. The number of aromatic nitrogens is 2. The molecule has 0 bridgehead atoms. The Morgan fingerprint density at radius 2 is 1.73 bits per heavy atom. The van der Waals surface area contributed by atoms with Crippen LogP contribution in [0, 0.1) is 5.41 Å². The van der Waals surface area contributed by atoms with E-state index in [-0.39, 0.29) is 23.1 Å². The first-order valence-electron chi connectivity index (χ1n) is 12.3. The van der Waals surface area contributed by atoms with Gasteiger partial charge in [0.2, 0.25) is 21.6 Å². The first kappa shape index (κ1) is 34.1. The Balaban J connectivity index is 0.000000707. The molecular weight excluding hydrogens is 627 g/mol. The van der Waals surface area contributed by atoms with Crippen LogP contribution < -0.4 is 16.2 Å². The molecule has 238 valence electrons. The molecule has 45 heavy (non-hydrogen) atoms. The number of carbonyl (C=O) groups excluding carboxylic acids is 2. The molecule has 15 nitrogen and oxygen atoms in total. The normalized spacial score (nSPS) is 15.9. The van der Waals surface area contributed by atoms with E-state index in [1.807, 2.05) is 0 Å². The lowest BCUT2D eigenvalue weighted by molar-refractivity contribution is -0.192. The van der Waals surface area contributed by atoms with Crippen molar-refractivity contribution in [2.75, 3.05) is 12.4 Å². The Morgan fingerprint density at radius 1 is 1.11 bits per heavy atom. The summed E-state index contributed by atoms with van der Waals surface area (Å²) in [5.74, 6) is -4.47. The number of carboxylic acid groups (broad SMARTS) is 1. The van der Waals surface area contributed by atoms with Gasteiger partial charge >= 0.3 is 18.1 Å². The maximum absolute atomic E-state index is 13.3. The lowest BCUT2D eigenvalue weighted by atomic mass is 9.89. The first-order chi connectivity index (χ1) is 21.0. The highest BCUT2D eigenvalue weighted by Gasteiger charge is 2.49. The molecule has 19 heteroatoms. The minimum Gasteiger partial charge on any atom is -0.475 e. The van der Waals surface area contributed by atoms with E-state index in [4.69, 9.17) is 35.8 Å². The Hall–Kier alpha value is -5.43. The third-order valence-corrected chi connectivity index (χ3v) is 6.96. The zero-order valence-corrected chi connectivity index (χ0v) is 23.8. The van der Waals surface area contributed by atoms with E-state index in [9.17, 15) is 31.2 Å². The SMILES string of the molecule is COC(=O)CC1(C(=O)Nc2ncc(-c3ccccc3S(N)(=O)=O)cn2)CC(c2cccc(C(=N)N)c2)=NO1.O=C(O)C(F)(F)F. The van der Waals surface area contributed by atoms with Gasteiger partial charge in [-0.05, 0) is 12.1 Å². The third kappa shape index (κ3) is 8.57. The van der Waals surface area contributed by atoms with Crippen molar-refractivity contribution in [3.63, 3.8) is 0 Å². The van der Waals surface area contributed by atoms with E-state index in [1.165, 1.54) is 31.6 Å². The van der Waals surface area contributed by atoms with Crippen LogP contribution in [-0.2, 0) is 34.0 Å². The molecule has 1 aliphatic heterocycles. The zero-order chi connectivity index (χ0) is 33.6. The Morgan fingerprint density at radius 3 is 2.29 bits per heavy atom. The Kier molecular flexibility index (Phi) is 10.2. The van der Waals surface area contributed by atoms with Crippen molar-refractivity contribution >= 4 is 45.4 Å². The fourth-order valence-electron chi connectivity index (χ4n) is 3.80. The summed E-state index contributed by atoms with van der Waals surface area (Å²) < 4.78 is 60.3. The van der Waals surface area contributed by atoms with Gasteiger partial charge < -0.3 is 20.4 Å². The number of rotatable bonds is 8. The van der Waals surface area contributed by atoms with Crippen molar-refractivity contribution in [3.8, 4) is 11.1 Å². The molecule has 0 aliphatic carbocycles. The average molecular weight is 652 g/mol. The number of alkyl halides is 3. The van der Waals surface area contributed by atoms with E-state index in [2.05, 4.69) is 20.4 Å². The van der Waals surface area contributed by atoms with E-state index < -0.39 is 46.1 Å². The van der Waals surface area contributed by atoms with Gasteiger partial charge in [0, 0.05) is 41.1 Å². The van der Waals surface area contributed by atoms with Gasteiger partial charge in [-0.2, -0.15) is 13.2 Å². The van der Waals surface area contributed by atoms with Gasteiger partial charge in [0.1, 0.15) is 5.84 Å². The van der Waals surface area contributed by atoms with Crippen molar-refractivity contribution < 1.29 is 50.7 Å². The van der Waals surface area contributed by atoms with Crippen LogP contribution in [0.5, 0.6) is 0 Å². The number of sulfonamides is 1. The van der Waals surface area contributed by atoms with Gasteiger partial charge in [-0.1, -0.05) is 41.6 Å². The van der Waals surface area contributed by atoms with Crippen LogP contribution >= 0.6 is 0 Å². The summed E-state index contributed by atoms with van der Waals surface area (Å²) in [6.07, 6.45) is -2.97. The molecule has 0 fully saturated rings. The number of esters is 1. The number of amides is 1. The number of nitrogens with one attached hydrogen (secondary N) is 2. The number of benzene rings is 2. The van der Waals surface area contributed by atoms with Crippen LogP contribution in [0.15, 0.2) is 71.0 Å². The lowest BCUT2D eigenvalue weighted by Crippen LogP contribution is -2.45. The van der Waals surface area contributed by atoms with Crippen LogP contribution in [0.25, 0.3) is 11.1 Å². The number of oxime groups is 1. The molecular formula is C26H24F3N7O8S. The van der Waals surface area contributed by atoms with Crippen LogP contribution in [-0.4, -0.2) is 71.8 Å². The molecule has 3 aromatic rings. The second-order valence-electron chi connectivity index (χ2n) is 9.14. The first-order valence-corrected chi connectivity index (χ1v) is 13.8. The largest absolute Gasteiger partial charge is 0.490 e. The van der Waals surface area contributed by atoms with Gasteiger partial charge in [0.15, 0.2) is 0 Å². The Labute approximate surface area is 252 Å². The molecule has 0 saturated heterocycles. The highest BCUT2D eigenvalue weighted by molar-refractivity contribution is 7.89. The summed E-state index contributed by atoms with van der Waals surface area (Å²) in [7, 11) is -2.81. The fraction of sp³-hybridized carbons (Fsp3) is 0.192. The Bertz CT molecular complexity index is 1770. The quantitative estimate of drug-likeness (QED) is 0.133. The number of nitrogens with two attached hydrogens (primary N) is 2. The average Bonchev–Trinajstić information content (AvgIpc) is 3.42. The molecule has 1 aliphatic rings. The summed E-state index contributed by atoms with van der Waals surface area (Å²) in [4.78, 5) is 48.0. The number of ether oxygens (including phenoxy) is 1. The van der Waals surface area contributed by atoms with Crippen LogP contribution in [0.1, 0.15) is 24.0 Å². The smallest absolute Gasteiger partial charge is 0.475 e. The summed E-state index contributed by atoms with van der Waals surface area (Å²) in [6.45, 7) is 0. The summed E-state index contributed by atoms with van der Waals surface area (Å²) >= 11 is 0. The molecule has 0 saturated carbocycles. The van der Waals surface area contributed by atoms with E-state index in [0.29, 0.717) is 28.0 Å². The summed E-state index contributed by atoms with van der Waals surface area (Å²) in [6, 6.07) is 12.7. The topological polar surface area (TPSA) is 250 Å². The fourth-order valence-corrected chi connectivity index (χ4v) is 4.56. The van der Waals surface area contributed by atoms with Crippen molar-refractivity contribution in [3.05, 3.63) is 72.1 Å². The molecule has 2 heterocycles. The highest BCUT2D eigenvalue weighted by Crippen LogP contribution is 2.32. The van der Waals surface area contributed by atoms with Gasteiger partial charge in [0.05, 0.1) is 24.1 Å². The predicted molar refractivity (Wildman–Crippen MR) is 150 cm³/mol. The number of nitrogen functional groups attached to an aromatic ring is 1. The number of nitrogens with zero attached hydrogens (tertiary/aromatic N) is 3. The van der Waals surface area contributed by atoms with Gasteiger partial charge in [-0.3, -0.25) is 20.3 Å². The number of hydrogen-bond acceptors (Lipinski definition) is 11. The highest BCUT2D eigenvalue weighted by atomic mass is 32.2. The molecule has 4 rings (SSSR count). The van der Waals surface area contributed by atoms with Crippen LogP contribution in [0.4, 0.5) is 19.1 Å². The van der Waals surface area contributed by atoms with E-state index in [0.717, 1.165) is 0 Å². The second kappa shape index (κ2) is 13.5. The van der Waals surface area contributed by atoms with Gasteiger partial charge in [-0.15, -0.1) is 0 Å². The molecule has 0 spiro atoms. The van der Waals surface area contributed by atoms with Gasteiger partial charge in [-0.25, -0.2) is 28.3 Å². The van der Waals surface area contributed by atoms with E-state index in [1.54, 1.807) is 36.4 Å². The van der Waals surface area contributed by atoms with Crippen molar-refractivity contribution in [1.82, 2.24) is 9.97 Å². The maximum Gasteiger partial charge on any atom is 0.490 e. The molecule has 1 aromatic heterocycles. The minimum absolute atomic E-state index is 0.0882. The summed E-state index contributed by atoms with van der Waals surface area (Å²) in [5.41, 5.74) is 5.84. The second-order valence-corrected chi connectivity index (χ2v) is 10.7. The molecule has 1 amide bonds.